The molecule has 0 atom stereocenters. The fraction of sp³-hybridized carbons (Fsp3) is 0.0154. The Labute approximate surface area is 385 Å². The van der Waals surface area contributed by atoms with Gasteiger partial charge in [-0.15, -0.1) is 0 Å². The molecule has 12 aromatic carbocycles. The van der Waals surface area contributed by atoms with E-state index in [1.807, 2.05) is 0 Å². The van der Waals surface area contributed by atoms with Crippen molar-refractivity contribution in [2.24, 2.45) is 0 Å². The Balaban J connectivity index is 1.04. The van der Waals surface area contributed by atoms with Crippen LogP contribution >= 0.6 is 0 Å². The zero-order valence-electron chi connectivity index (χ0n) is 36.3. The molecule has 0 amide bonds. The van der Waals surface area contributed by atoms with Gasteiger partial charge in [-0.3, -0.25) is 0 Å². The Morgan fingerprint density at radius 3 is 1.48 bits per heavy atom. The van der Waals surface area contributed by atoms with Gasteiger partial charge >= 0.3 is 0 Å². The number of benzene rings is 12. The summed E-state index contributed by atoms with van der Waals surface area (Å²) in [5.74, 6) is 0. The van der Waals surface area contributed by atoms with Crippen LogP contribution in [0.25, 0.3) is 76.5 Å². The van der Waals surface area contributed by atoms with Gasteiger partial charge in [0.25, 0.3) is 0 Å². The van der Waals surface area contributed by atoms with Crippen LogP contribution < -0.4 is 4.90 Å². The van der Waals surface area contributed by atoms with E-state index in [2.05, 4.69) is 266 Å². The highest BCUT2D eigenvalue weighted by Crippen LogP contribution is 2.59. The van der Waals surface area contributed by atoms with Crippen LogP contribution in [0.3, 0.4) is 0 Å². The Morgan fingerprint density at radius 2 is 0.773 bits per heavy atom. The molecule has 0 bridgehead atoms. The van der Waals surface area contributed by atoms with E-state index in [0.717, 1.165) is 17.1 Å². The summed E-state index contributed by atoms with van der Waals surface area (Å²) in [5.41, 5.74) is 15.2. The number of anilines is 3. The smallest absolute Gasteiger partial charge is 0.0714 e. The zero-order chi connectivity index (χ0) is 43.6. The minimum atomic E-state index is -0.520. The molecule has 0 saturated carbocycles. The highest BCUT2D eigenvalue weighted by atomic mass is 15.1. The molecule has 0 fully saturated rings. The Morgan fingerprint density at radius 1 is 0.273 bits per heavy atom. The highest BCUT2D eigenvalue weighted by molar-refractivity contribution is 6.26. The van der Waals surface area contributed by atoms with Crippen LogP contribution in [0.4, 0.5) is 17.1 Å². The maximum absolute atomic E-state index is 2.50. The van der Waals surface area contributed by atoms with Crippen LogP contribution in [0.15, 0.2) is 261 Å². The third-order valence-electron chi connectivity index (χ3n) is 14.1. The van der Waals surface area contributed by atoms with Gasteiger partial charge in [0.2, 0.25) is 0 Å². The lowest BCUT2D eigenvalue weighted by atomic mass is 9.68. The second-order valence-electron chi connectivity index (χ2n) is 17.5. The molecule has 13 rings (SSSR count). The fourth-order valence-electron chi connectivity index (χ4n) is 11.3. The van der Waals surface area contributed by atoms with E-state index in [-0.39, 0.29) is 0 Å². The average Bonchev–Trinajstić information content (AvgIpc) is 3.71. The summed E-state index contributed by atoms with van der Waals surface area (Å²) in [6.07, 6.45) is 0. The number of fused-ring (bicyclic) bond motifs is 10. The molecule has 0 aromatic heterocycles. The van der Waals surface area contributed by atoms with Crippen LogP contribution in [0.2, 0.25) is 0 Å². The van der Waals surface area contributed by atoms with E-state index in [0.29, 0.717) is 0 Å². The SMILES string of the molecule is c1ccc(C2(c3ccccc3)c3ccccc3-c3c(N(c4ccc(-c5cccc(-c6cccc7ccccc67)c5)cc4)c4ccc5c6ccccc6c6ccccc6c5c4)cccc32)cc1. The summed E-state index contributed by atoms with van der Waals surface area (Å²) in [4.78, 5) is 2.50. The van der Waals surface area contributed by atoms with Crippen LogP contribution in [0.1, 0.15) is 22.3 Å². The molecule has 0 radical (unpaired) electrons. The van der Waals surface area contributed by atoms with Crippen molar-refractivity contribution in [3.05, 3.63) is 283 Å². The zero-order valence-corrected chi connectivity index (χ0v) is 36.3. The van der Waals surface area contributed by atoms with E-state index in [1.54, 1.807) is 0 Å². The average molecular weight is 838 g/mol. The minimum absolute atomic E-state index is 0.520. The molecular formula is C65H43N. The molecule has 0 aliphatic heterocycles. The van der Waals surface area contributed by atoms with Gasteiger partial charge in [0.15, 0.2) is 0 Å². The molecule has 1 aliphatic rings. The predicted octanol–water partition coefficient (Wildman–Crippen LogP) is 17.5. The highest BCUT2D eigenvalue weighted by Gasteiger charge is 2.47. The number of rotatable bonds is 7. The monoisotopic (exact) mass is 837 g/mol. The van der Waals surface area contributed by atoms with Crippen molar-refractivity contribution in [2.45, 2.75) is 5.41 Å². The summed E-state index contributed by atoms with van der Waals surface area (Å²) in [6, 6.07) is 96.4. The van der Waals surface area contributed by atoms with Crippen molar-refractivity contribution in [3.63, 3.8) is 0 Å². The van der Waals surface area contributed by atoms with Gasteiger partial charge < -0.3 is 4.90 Å². The van der Waals surface area contributed by atoms with Gasteiger partial charge in [0.05, 0.1) is 11.1 Å². The van der Waals surface area contributed by atoms with Gasteiger partial charge in [-0.1, -0.05) is 224 Å². The fourth-order valence-corrected chi connectivity index (χ4v) is 11.3. The largest absolute Gasteiger partial charge is 0.310 e. The van der Waals surface area contributed by atoms with Crippen molar-refractivity contribution in [1.82, 2.24) is 0 Å². The lowest BCUT2D eigenvalue weighted by Gasteiger charge is -2.34. The van der Waals surface area contributed by atoms with Crippen molar-refractivity contribution in [2.75, 3.05) is 4.90 Å². The predicted molar refractivity (Wildman–Crippen MR) is 279 cm³/mol. The van der Waals surface area contributed by atoms with Crippen LogP contribution in [0, 0.1) is 0 Å². The molecule has 0 spiro atoms. The lowest BCUT2D eigenvalue weighted by molar-refractivity contribution is 0.768. The van der Waals surface area contributed by atoms with E-state index in [9.17, 15) is 0 Å². The Hall–Kier alpha value is -8.52. The summed E-state index contributed by atoms with van der Waals surface area (Å²) in [5, 5.41) is 10.1. The van der Waals surface area contributed by atoms with Gasteiger partial charge in [0.1, 0.15) is 0 Å². The molecule has 0 N–H and O–H groups in total. The molecule has 66 heavy (non-hydrogen) atoms. The van der Waals surface area contributed by atoms with E-state index < -0.39 is 5.41 Å². The van der Waals surface area contributed by atoms with Crippen molar-refractivity contribution >= 4 is 60.2 Å². The van der Waals surface area contributed by atoms with E-state index in [4.69, 9.17) is 0 Å². The van der Waals surface area contributed by atoms with E-state index in [1.165, 1.54) is 98.7 Å². The van der Waals surface area contributed by atoms with Crippen LogP contribution in [-0.4, -0.2) is 0 Å². The van der Waals surface area contributed by atoms with Gasteiger partial charge in [-0.25, -0.2) is 0 Å². The van der Waals surface area contributed by atoms with Gasteiger partial charge in [-0.2, -0.15) is 0 Å². The maximum atomic E-state index is 2.50. The first-order chi connectivity index (χ1) is 32.8. The molecular weight excluding hydrogens is 795 g/mol. The van der Waals surface area contributed by atoms with Crippen molar-refractivity contribution in [3.8, 4) is 33.4 Å². The molecule has 0 saturated heterocycles. The Kier molecular flexibility index (Phi) is 8.82. The molecule has 0 unspecified atom stereocenters. The first-order valence-electron chi connectivity index (χ1n) is 22.9. The lowest BCUT2D eigenvalue weighted by Crippen LogP contribution is -2.28. The third-order valence-corrected chi connectivity index (χ3v) is 14.1. The maximum Gasteiger partial charge on any atom is 0.0714 e. The summed E-state index contributed by atoms with van der Waals surface area (Å²) in [7, 11) is 0. The van der Waals surface area contributed by atoms with Gasteiger partial charge in [0, 0.05) is 16.9 Å². The van der Waals surface area contributed by atoms with Crippen molar-refractivity contribution < 1.29 is 0 Å². The molecule has 308 valence electrons. The normalized spacial score (nSPS) is 12.7. The third kappa shape index (κ3) is 5.80. The molecule has 0 heterocycles. The Bertz CT molecular complexity index is 3730. The number of nitrogens with zero attached hydrogens (tertiary/aromatic N) is 1. The van der Waals surface area contributed by atoms with Crippen LogP contribution in [-0.2, 0) is 5.41 Å². The summed E-state index contributed by atoms with van der Waals surface area (Å²) >= 11 is 0. The van der Waals surface area contributed by atoms with Crippen molar-refractivity contribution in [1.29, 1.82) is 0 Å². The van der Waals surface area contributed by atoms with Gasteiger partial charge in [-0.05, 0) is 130 Å². The quantitative estimate of drug-likeness (QED) is 0.145. The summed E-state index contributed by atoms with van der Waals surface area (Å²) < 4.78 is 0. The first-order valence-corrected chi connectivity index (χ1v) is 22.9. The van der Waals surface area contributed by atoms with E-state index >= 15 is 0 Å². The summed E-state index contributed by atoms with van der Waals surface area (Å²) in [6.45, 7) is 0. The first kappa shape index (κ1) is 38.0. The number of hydrogen-bond acceptors (Lipinski definition) is 1. The topological polar surface area (TPSA) is 3.24 Å². The number of hydrogen-bond donors (Lipinski definition) is 0. The minimum Gasteiger partial charge on any atom is -0.310 e. The van der Waals surface area contributed by atoms with Crippen LogP contribution in [0.5, 0.6) is 0 Å². The molecule has 1 aliphatic carbocycles. The molecule has 12 aromatic rings. The molecule has 1 nitrogen and oxygen atoms in total. The second kappa shape index (κ2) is 15.3. The molecule has 1 heteroatoms. The standard InChI is InChI=1S/C65H43N/c1-3-22-48(23-4-1)65(49-24-5-2-6-25-49)61-33-14-13-31-59(61)64-62(65)34-17-35-63(64)66(51-40-41-58-56-29-10-9-27-54(56)55-28-11-12-30-57(55)60(58)43-51)50-38-36-44(37-39-50)46-20-15-21-47(42-46)53-32-16-19-45-18-7-8-26-52(45)53/h1-43H. The second-order valence-corrected chi connectivity index (χ2v) is 17.5.